The topological polar surface area (TPSA) is 171 Å². The van der Waals surface area contributed by atoms with E-state index in [-0.39, 0.29) is 56.4 Å². The average molecular weight is 1140 g/mol. The number of likely N-dealkylation sites (tertiary alicyclic amines) is 2. The van der Waals surface area contributed by atoms with Crippen LogP contribution >= 0.6 is 7.60 Å². The monoisotopic (exact) mass is 1140 g/mol. The Labute approximate surface area is 484 Å². The van der Waals surface area contributed by atoms with Crippen molar-refractivity contribution in [2.75, 3.05) is 34.0 Å². The number of methoxy groups -OCH3 is 2. The van der Waals surface area contributed by atoms with E-state index >= 15 is 0 Å². The fourth-order valence-corrected chi connectivity index (χ4v) is 12.1. The van der Waals surface area contributed by atoms with E-state index in [9.17, 15) is 23.7 Å². The molecule has 436 valence electrons. The first kappa shape index (κ1) is 63.6. The highest BCUT2D eigenvalue weighted by Crippen LogP contribution is 2.59. The summed E-state index contributed by atoms with van der Waals surface area (Å²) >= 11 is 0. The number of benzene rings is 6. The van der Waals surface area contributed by atoms with Crippen molar-refractivity contribution in [1.82, 2.24) is 20.4 Å². The van der Waals surface area contributed by atoms with Crippen molar-refractivity contribution in [1.29, 1.82) is 0 Å². The Balaban J connectivity index is 0.000000207. The summed E-state index contributed by atoms with van der Waals surface area (Å²) in [5.74, 6) is 1.47. The van der Waals surface area contributed by atoms with Gasteiger partial charge in [-0.15, -0.1) is 0 Å². The molecule has 2 aliphatic heterocycles. The molecule has 0 aliphatic carbocycles. The molecule has 8 rings (SSSR count). The van der Waals surface area contributed by atoms with Crippen LogP contribution in [-0.2, 0) is 59.0 Å². The third-order valence-corrected chi connectivity index (χ3v) is 16.7. The van der Waals surface area contributed by atoms with Crippen molar-refractivity contribution >= 4 is 32.0 Å². The summed E-state index contributed by atoms with van der Waals surface area (Å²) < 4.78 is 45.0. The molecule has 3 amide bonds. The quantitative estimate of drug-likeness (QED) is 0.0354. The molecule has 3 unspecified atom stereocenters. The number of hydrogen-bond donors (Lipinski definition) is 2. The second-order valence-electron chi connectivity index (χ2n) is 21.2. The minimum Gasteiger partial charge on any atom is -0.497 e. The van der Waals surface area contributed by atoms with Crippen molar-refractivity contribution in [3.63, 3.8) is 0 Å². The zero-order chi connectivity index (χ0) is 59.0. The maximum atomic E-state index is 13.1. The molecule has 0 saturated carbocycles. The van der Waals surface area contributed by atoms with Crippen LogP contribution in [-0.4, -0.2) is 84.9 Å². The first-order valence-electron chi connectivity index (χ1n) is 27.9. The zero-order valence-electron chi connectivity index (χ0n) is 48.7. The molecule has 2 saturated heterocycles. The average Bonchev–Trinajstić information content (AvgIpc) is 3.74. The maximum Gasteiger partial charge on any atom is 0.407 e. The summed E-state index contributed by atoms with van der Waals surface area (Å²) in [6.45, 7) is 15.3. The normalized spacial score (nSPS) is 16.5. The molecule has 3 atom stereocenters. The number of carbonyl (C=O) groups is 4. The minimum atomic E-state index is -3.47. The van der Waals surface area contributed by atoms with Gasteiger partial charge in [0.15, 0.2) is 0 Å². The maximum absolute atomic E-state index is 13.1. The van der Waals surface area contributed by atoms with E-state index in [4.69, 9.17) is 28.0 Å². The van der Waals surface area contributed by atoms with Crippen LogP contribution in [0.5, 0.6) is 11.5 Å². The Hall–Kier alpha value is -7.55. The van der Waals surface area contributed by atoms with Crippen molar-refractivity contribution in [2.24, 2.45) is 0 Å². The van der Waals surface area contributed by atoms with Gasteiger partial charge in [-0.3, -0.25) is 14.3 Å². The van der Waals surface area contributed by atoms with Gasteiger partial charge < -0.3 is 48.3 Å². The van der Waals surface area contributed by atoms with E-state index in [0.29, 0.717) is 19.4 Å². The number of amides is 3. The number of nitrogens with one attached hydrogen (secondary N) is 2. The van der Waals surface area contributed by atoms with Crippen LogP contribution in [0.4, 0.5) is 9.59 Å². The van der Waals surface area contributed by atoms with Gasteiger partial charge >= 0.3 is 19.8 Å². The number of hydrogen-bond acceptors (Lipinski definition) is 12. The third-order valence-electron chi connectivity index (χ3n) is 14.3. The molecule has 0 spiro atoms. The largest absolute Gasteiger partial charge is 0.497 e. The standard InChI is InChI=1S/C31H36N2O3.C18H28NO5P.C17H17NO3/c1-31(2)20-26(22-33(31)21-24-14-17-28(35-3)18-15-24)16-19-29(27-12-8-5-9-13-27)32-30(34)36-23-25-10-6-4-7-11-25;1-6-23-25(21,24-7-2)16-12-18(3,4)19(17(16)20)13-14-8-10-15(22-5)11-9-14;19-12-11-16(15-9-5-2-6-10-15)18-17(20)21-13-14-7-3-1-4-8-14/h4-18,29H,19-23H2,1-3H3,(H,32,34);8-11,16H,6-7,12-13H2,1-5H3;1-10,12,16H,11,13H2,(H,18,20). The molecule has 82 heavy (non-hydrogen) atoms. The Morgan fingerprint density at radius 1 is 0.598 bits per heavy atom. The second kappa shape index (κ2) is 31.6. The summed E-state index contributed by atoms with van der Waals surface area (Å²) in [4.78, 5) is 52.5. The van der Waals surface area contributed by atoms with Crippen molar-refractivity contribution in [3.05, 3.63) is 215 Å². The third kappa shape index (κ3) is 19.3. The van der Waals surface area contributed by atoms with Gasteiger partial charge in [0.2, 0.25) is 5.91 Å². The molecule has 0 radical (unpaired) electrons. The lowest BCUT2D eigenvalue weighted by atomic mass is 9.97. The number of ether oxygens (including phenoxy) is 4. The van der Waals surface area contributed by atoms with Gasteiger partial charge in [0, 0.05) is 37.1 Å². The Morgan fingerprint density at radius 2 is 1.02 bits per heavy atom. The molecular weight excluding hydrogens is 1060 g/mol. The molecule has 0 aromatic heterocycles. The van der Waals surface area contributed by atoms with Crippen LogP contribution in [0.2, 0.25) is 0 Å². The summed E-state index contributed by atoms with van der Waals surface area (Å²) in [6, 6.07) is 54.0. The van der Waals surface area contributed by atoms with Gasteiger partial charge in [-0.1, -0.05) is 157 Å². The van der Waals surface area contributed by atoms with Gasteiger partial charge in [-0.2, -0.15) is 0 Å². The highest BCUT2D eigenvalue weighted by molar-refractivity contribution is 7.55. The number of carbonyl (C=O) groups excluding carboxylic acids is 4. The predicted octanol–water partition coefficient (Wildman–Crippen LogP) is 13.7. The molecule has 2 fully saturated rings. The van der Waals surface area contributed by atoms with Gasteiger partial charge in [0.1, 0.15) is 36.7 Å². The zero-order valence-corrected chi connectivity index (χ0v) is 49.6. The molecule has 16 heteroatoms. The highest BCUT2D eigenvalue weighted by atomic mass is 31.2. The summed E-state index contributed by atoms with van der Waals surface area (Å²) in [6.07, 6.45) is 4.52. The lowest BCUT2D eigenvalue weighted by molar-refractivity contribution is -0.131. The lowest BCUT2D eigenvalue weighted by Gasteiger charge is -2.31. The minimum absolute atomic E-state index is 0.0655. The van der Waals surface area contributed by atoms with Crippen LogP contribution in [0, 0.1) is 0 Å². The number of nitrogens with zero attached hydrogens (tertiary/aromatic N) is 2. The summed E-state index contributed by atoms with van der Waals surface area (Å²) in [5, 5.41) is 5.79. The van der Waals surface area contributed by atoms with Gasteiger partial charge in [-0.05, 0) is 118 Å². The molecule has 6 aromatic carbocycles. The van der Waals surface area contributed by atoms with Gasteiger partial charge in [0.05, 0.1) is 39.5 Å². The number of alkyl carbamates (subject to hydrolysis) is 2. The van der Waals surface area contributed by atoms with E-state index in [1.165, 1.54) is 11.1 Å². The van der Waals surface area contributed by atoms with Gasteiger partial charge in [0.25, 0.3) is 0 Å². The molecule has 2 heterocycles. The summed E-state index contributed by atoms with van der Waals surface area (Å²) in [7, 11) is -0.162. The van der Waals surface area contributed by atoms with E-state index in [1.807, 2.05) is 159 Å². The highest BCUT2D eigenvalue weighted by Gasteiger charge is 2.54. The Bertz CT molecular complexity index is 2970. The summed E-state index contributed by atoms with van der Waals surface area (Å²) in [5.41, 5.74) is 6.38. The molecule has 6 aromatic rings. The van der Waals surface area contributed by atoms with Crippen LogP contribution in [0.1, 0.15) is 113 Å². The van der Waals surface area contributed by atoms with E-state index < -0.39 is 31.0 Å². The first-order chi connectivity index (χ1) is 39.5. The molecule has 0 bridgehead atoms. The predicted molar refractivity (Wildman–Crippen MR) is 320 cm³/mol. The van der Waals surface area contributed by atoms with Crippen LogP contribution < -0.4 is 20.1 Å². The molecule has 2 aliphatic rings. The van der Waals surface area contributed by atoms with Crippen molar-refractivity contribution < 1.29 is 51.7 Å². The number of rotatable bonds is 23. The Morgan fingerprint density at radius 3 is 1.45 bits per heavy atom. The van der Waals surface area contributed by atoms with Crippen molar-refractivity contribution in [3.8, 4) is 11.5 Å². The molecular formula is C66H81N4O11P. The van der Waals surface area contributed by atoms with E-state index in [0.717, 1.165) is 65.1 Å². The SMILES string of the molecule is CCOP(=O)(OCC)C1CC(C)(C)N(Cc2ccc(OC)cc2)C1=O.COc1ccc(CN2CC(=CCC(NC(=O)OCc3ccccc3)c3ccccc3)CC2(C)C)cc1.O=CCC(NC(=O)OCc1ccccc1)c1ccccc1. The fraction of sp³-hybridized carbons (Fsp3) is 0.364. The van der Waals surface area contributed by atoms with Crippen LogP contribution in [0.15, 0.2) is 182 Å². The second-order valence-corrected chi connectivity index (χ2v) is 23.4. The number of aldehydes is 1. The molecule has 2 N–H and O–H groups in total. The lowest BCUT2D eigenvalue weighted by Crippen LogP contribution is -2.40. The molecule has 15 nitrogen and oxygen atoms in total. The Kier molecular flexibility index (Phi) is 24.5. The van der Waals surface area contributed by atoms with E-state index in [2.05, 4.69) is 59.7 Å². The van der Waals surface area contributed by atoms with Crippen LogP contribution in [0.3, 0.4) is 0 Å². The van der Waals surface area contributed by atoms with Crippen LogP contribution in [0.25, 0.3) is 0 Å². The van der Waals surface area contributed by atoms with Gasteiger partial charge in [-0.25, -0.2) is 9.59 Å². The fourth-order valence-electron chi connectivity index (χ4n) is 9.84. The smallest absolute Gasteiger partial charge is 0.407 e. The van der Waals surface area contributed by atoms with E-state index in [1.54, 1.807) is 33.0 Å². The first-order valence-corrected chi connectivity index (χ1v) is 29.5. The van der Waals surface area contributed by atoms with Crippen molar-refractivity contribution in [2.45, 2.75) is 122 Å².